The van der Waals surface area contributed by atoms with Crippen molar-refractivity contribution in [1.82, 2.24) is 5.32 Å². The fourth-order valence-corrected chi connectivity index (χ4v) is 1.43. The number of ether oxygens (including phenoxy) is 2. The Kier molecular flexibility index (Phi) is 8.83. The maximum atomic E-state index is 5.49. The van der Waals surface area contributed by atoms with E-state index in [0.717, 1.165) is 19.5 Å². The molecule has 0 saturated heterocycles. The van der Waals surface area contributed by atoms with Gasteiger partial charge >= 0.3 is 0 Å². The van der Waals surface area contributed by atoms with Gasteiger partial charge in [-0.3, -0.25) is 0 Å². The minimum Gasteiger partial charge on any atom is -0.353 e. The molecule has 0 aliphatic rings. The van der Waals surface area contributed by atoms with Gasteiger partial charge < -0.3 is 14.8 Å². The molecule has 0 aromatic heterocycles. The first kappa shape index (κ1) is 16.9. The molecular weight excluding hydrogens is 214 g/mol. The van der Waals surface area contributed by atoms with Gasteiger partial charge in [-0.1, -0.05) is 27.7 Å². The molecule has 0 aliphatic heterocycles. The van der Waals surface area contributed by atoms with Gasteiger partial charge in [-0.05, 0) is 38.3 Å². The van der Waals surface area contributed by atoms with Crippen molar-refractivity contribution in [2.45, 2.75) is 54.3 Å². The molecule has 0 bridgehead atoms. The molecule has 0 amide bonds. The molecular formula is C14H31NO2. The fourth-order valence-electron chi connectivity index (χ4n) is 1.43. The van der Waals surface area contributed by atoms with Crippen molar-refractivity contribution < 1.29 is 9.47 Å². The molecule has 0 aromatic carbocycles. The van der Waals surface area contributed by atoms with Crippen LogP contribution < -0.4 is 5.32 Å². The van der Waals surface area contributed by atoms with Crippen molar-refractivity contribution >= 4 is 0 Å². The summed E-state index contributed by atoms with van der Waals surface area (Å²) in [5, 5.41) is 3.48. The highest BCUT2D eigenvalue weighted by Crippen LogP contribution is 2.24. The van der Waals surface area contributed by atoms with Crippen molar-refractivity contribution in [1.29, 1.82) is 0 Å². The molecule has 0 aliphatic carbocycles. The maximum Gasteiger partial charge on any atom is 0.158 e. The Hall–Kier alpha value is -0.120. The van der Waals surface area contributed by atoms with Gasteiger partial charge in [0.15, 0.2) is 6.29 Å². The Morgan fingerprint density at radius 2 is 1.59 bits per heavy atom. The Bertz CT molecular complexity index is 172. The Labute approximate surface area is 107 Å². The molecule has 0 fully saturated rings. The van der Waals surface area contributed by atoms with E-state index in [-0.39, 0.29) is 6.29 Å². The summed E-state index contributed by atoms with van der Waals surface area (Å²) in [5.74, 6) is 0.667. The predicted octanol–water partition coefficient (Wildman–Crippen LogP) is 3.05. The zero-order chi connectivity index (χ0) is 13.3. The van der Waals surface area contributed by atoms with Crippen molar-refractivity contribution in [2.75, 3.05) is 26.3 Å². The third-order valence-electron chi connectivity index (χ3n) is 3.19. The van der Waals surface area contributed by atoms with Crippen LogP contribution in [0.2, 0.25) is 0 Å². The zero-order valence-corrected chi connectivity index (χ0v) is 12.5. The first-order chi connectivity index (χ1) is 7.91. The average molecular weight is 245 g/mol. The van der Waals surface area contributed by atoms with E-state index in [1.807, 2.05) is 13.8 Å². The van der Waals surface area contributed by atoms with Crippen LogP contribution in [0.3, 0.4) is 0 Å². The predicted molar refractivity (Wildman–Crippen MR) is 73.1 cm³/mol. The molecule has 1 N–H and O–H groups in total. The van der Waals surface area contributed by atoms with E-state index in [1.165, 1.54) is 0 Å². The summed E-state index contributed by atoms with van der Waals surface area (Å²) >= 11 is 0. The zero-order valence-electron chi connectivity index (χ0n) is 12.5. The second-order valence-corrected chi connectivity index (χ2v) is 5.60. The van der Waals surface area contributed by atoms with Crippen LogP contribution in [0.5, 0.6) is 0 Å². The van der Waals surface area contributed by atoms with Crippen LogP contribution in [0, 0.1) is 11.3 Å². The molecule has 1 unspecified atom stereocenters. The lowest BCUT2D eigenvalue weighted by Gasteiger charge is -2.27. The maximum absolute atomic E-state index is 5.49. The third-order valence-corrected chi connectivity index (χ3v) is 3.19. The fraction of sp³-hybridized carbons (Fsp3) is 1.00. The molecule has 104 valence electrons. The molecule has 0 aromatic rings. The largest absolute Gasteiger partial charge is 0.353 e. The molecule has 3 heteroatoms. The van der Waals surface area contributed by atoms with Crippen LogP contribution in [-0.2, 0) is 9.47 Å². The highest BCUT2D eigenvalue weighted by atomic mass is 16.7. The van der Waals surface area contributed by atoms with Crippen molar-refractivity contribution in [3.63, 3.8) is 0 Å². The van der Waals surface area contributed by atoms with Crippen LogP contribution in [0.4, 0.5) is 0 Å². The van der Waals surface area contributed by atoms with Crippen LogP contribution >= 0.6 is 0 Å². The molecule has 0 rings (SSSR count). The van der Waals surface area contributed by atoms with Gasteiger partial charge in [0.25, 0.3) is 0 Å². The average Bonchev–Trinajstić information content (AvgIpc) is 2.23. The Balaban J connectivity index is 3.67. The Morgan fingerprint density at radius 1 is 1.06 bits per heavy atom. The minimum absolute atomic E-state index is 0.0533. The minimum atomic E-state index is -0.0533. The molecule has 0 radical (unpaired) electrons. The number of nitrogens with one attached hydrogen (secondary N) is 1. The molecule has 1 atom stereocenters. The van der Waals surface area contributed by atoms with Gasteiger partial charge in [-0.2, -0.15) is 0 Å². The molecule has 3 nitrogen and oxygen atoms in total. The second-order valence-electron chi connectivity index (χ2n) is 5.60. The Morgan fingerprint density at radius 3 is 2.00 bits per heavy atom. The summed E-state index contributed by atoms with van der Waals surface area (Å²) in [6.07, 6.45) is 0.862. The highest BCUT2D eigenvalue weighted by Gasteiger charge is 2.19. The van der Waals surface area contributed by atoms with Gasteiger partial charge in [0.2, 0.25) is 0 Å². The van der Waals surface area contributed by atoms with Crippen LogP contribution in [0.15, 0.2) is 0 Å². The van der Waals surface area contributed by atoms with Gasteiger partial charge in [0.1, 0.15) is 0 Å². The third kappa shape index (κ3) is 8.58. The van der Waals surface area contributed by atoms with E-state index < -0.39 is 0 Å². The van der Waals surface area contributed by atoms with E-state index in [0.29, 0.717) is 24.5 Å². The monoisotopic (exact) mass is 245 g/mol. The van der Waals surface area contributed by atoms with Crippen molar-refractivity contribution in [3.8, 4) is 0 Å². The lowest BCUT2D eigenvalue weighted by Crippen LogP contribution is -2.32. The summed E-state index contributed by atoms with van der Waals surface area (Å²) in [5.41, 5.74) is 0.367. The first-order valence-electron chi connectivity index (χ1n) is 6.85. The summed E-state index contributed by atoms with van der Waals surface area (Å²) in [4.78, 5) is 0. The molecule has 0 spiro atoms. The van der Waals surface area contributed by atoms with E-state index >= 15 is 0 Å². The smallest absolute Gasteiger partial charge is 0.158 e. The van der Waals surface area contributed by atoms with Gasteiger partial charge in [0, 0.05) is 19.6 Å². The standard InChI is InChI=1S/C14H31NO2/c1-7-16-13(17-8-2)9-10-15-11-12(3)14(4,5)6/h12-13,15H,7-11H2,1-6H3. The normalized spacial score (nSPS) is 14.3. The van der Waals surface area contributed by atoms with E-state index in [4.69, 9.17) is 9.47 Å². The SMILES string of the molecule is CCOC(CCNCC(C)C(C)(C)C)OCC. The van der Waals surface area contributed by atoms with Crippen LogP contribution in [-0.4, -0.2) is 32.6 Å². The van der Waals surface area contributed by atoms with Crippen LogP contribution in [0.25, 0.3) is 0 Å². The molecule has 17 heavy (non-hydrogen) atoms. The van der Waals surface area contributed by atoms with Crippen LogP contribution in [0.1, 0.15) is 48.0 Å². The number of hydrogen-bond acceptors (Lipinski definition) is 3. The van der Waals surface area contributed by atoms with Crippen molar-refractivity contribution in [3.05, 3.63) is 0 Å². The molecule has 0 saturated carbocycles. The number of hydrogen-bond donors (Lipinski definition) is 1. The topological polar surface area (TPSA) is 30.5 Å². The van der Waals surface area contributed by atoms with Crippen molar-refractivity contribution in [2.24, 2.45) is 11.3 Å². The second kappa shape index (κ2) is 8.90. The summed E-state index contributed by atoms with van der Waals surface area (Å²) < 4.78 is 11.0. The van der Waals surface area contributed by atoms with E-state index in [1.54, 1.807) is 0 Å². The van der Waals surface area contributed by atoms with E-state index in [9.17, 15) is 0 Å². The summed E-state index contributed by atoms with van der Waals surface area (Å²) in [7, 11) is 0. The van der Waals surface area contributed by atoms with Gasteiger partial charge in [-0.25, -0.2) is 0 Å². The highest BCUT2D eigenvalue weighted by molar-refractivity contribution is 4.71. The van der Waals surface area contributed by atoms with Gasteiger partial charge in [0.05, 0.1) is 0 Å². The summed E-state index contributed by atoms with van der Waals surface area (Å²) in [6.45, 7) is 16.6. The molecule has 0 heterocycles. The lowest BCUT2D eigenvalue weighted by molar-refractivity contribution is -0.138. The quantitative estimate of drug-likeness (QED) is 0.500. The summed E-state index contributed by atoms with van der Waals surface area (Å²) in [6, 6.07) is 0. The van der Waals surface area contributed by atoms with Gasteiger partial charge in [-0.15, -0.1) is 0 Å². The lowest BCUT2D eigenvalue weighted by atomic mass is 9.82. The first-order valence-corrected chi connectivity index (χ1v) is 6.85. The van der Waals surface area contributed by atoms with E-state index in [2.05, 4.69) is 33.0 Å². The number of rotatable bonds is 9.